The normalized spacial score (nSPS) is 8.50. The van der Waals surface area contributed by atoms with Gasteiger partial charge in [0.2, 0.25) is 0 Å². The second-order valence-electron chi connectivity index (χ2n) is 1.53. The second-order valence-corrected chi connectivity index (χ2v) is 2.57. The Balaban J connectivity index is 3.14. The van der Waals surface area contributed by atoms with Gasteiger partial charge in [-0.1, -0.05) is 0 Å². The van der Waals surface area contributed by atoms with E-state index in [4.69, 9.17) is 0 Å². The number of aromatic nitrogens is 1. The maximum atomic E-state index is 4.43. The van der Waals surface area contributed by atoms with Gasteiger partial charge in [0.15, 0.2) is 0 Å². The Labute approximate surface area is 72.1 Å². The van der Waals surface area contributed by atoms with E-state index in [1.807, 2.05) is 0 Å². The number of hydrogen-bond acceptors (Lipinski definition) is 3. The smallest absolute Gasteiger partial charge is 0.106 e. The molecule has 50 valence electrons. The minimum absolute atomic E-state index is 0.706. The van der Waals surface area contributed by atoms with Gasteiger partial charge in [-0.2, -0.15) is 4.99 Å². The molecule has 2 nitrogen and oxygen atoms in total. The molecule has 0 aromatic carbocycles. The third-order valence-electron chi connectivity index (χ3n) is 0.915. The molecule has 0 N–H and O–H groups in total. The number of pyridine rings is 1. The topological polar surface area (TPSA) is 25.2 Å². The molecule has 0 aliphatic heterocycles. The fourth-order valence-corrected chi connectivity index (χ4v) is 0.908. The van der Waals surface area contributed by atoms with Gasteiger partial charge in [0.25, 0.3) is 0 Å². The lowest BCUT2D eigenvalue weighted by Crippen LogP contribution is -1.70. The maximum absolute atomic E-state index is 4.43. The second kappa shape index (κ2) is 3.56. The summed E-state index contributed by atoms with van der Waals surface area (Å²) >= 11 is 7.71. The number of hydrogen-bond donors (Lipinski definition) is 0. The molecule has 0 unspecified atom stereocenters. The fourth-order valence-electron chi connectivity index (χ4n) is 0.501. The van der Waals surface area contributed by atoms with Crippen molar-refractivity contribution in [3.8, 4) is 0 Å². The molecule has 0 saturated carbocycles. The van der Waals surface area contributed by atoms with Crippen molar-refractivity contribution in [1.29, 1.82) is 0 Å². The van der Waals surface area contributed by atoms with Crippen LogP contribution in [0.15, 0.2) is 27.9 Å². The summed E-state index contributed by atoms with van der Waals surface area (Å²) in [7, 11) is 0. The summed E-state index contributed by atoms with van der Waals surface area (Å²) in [4.78, 5) is 7.62. The highest BCUT2D eigenvalue weighted by Gasteiger charge is 1.92. The molecule has 1 rings (SSSR count). The van der Waals surface area contributed by atoms with Crippen LogP contribution >= 0.6 is 28.1 Å². The molecule has 0 bridgehead atoms. The first-order chi connectivity index (χ1) is 4.84. The van der Waals surface area contributed by atoms with Crippen LogP contribution in [0.3, 0.4) is 0 Å². The minimum Gasteiger partial charge on any atom is -0.262 e. The largest absolute Gasteiger partial charge is 0.262 e. The molecular formula is C6H3BrN2S. The summed E-state index contributed by atoms with van der Waals surface area (Å²) < 4.78 is 0.875. The predicted molar refractivity (Wildman–Crippen MR) is 46.6 cm³/mol. The van der Waals surface area contributed by atoms with Gasteiger partial charge < -0.3 is 0 Å². The first kappa shape index (κ1) is 7.54. The molecule has 1 aromatic heterocycles. The van der Waals surface area contributed by atoms with Crippen molar-refractivity contribution in [2.75, 3.05) is 0 Å². The van der Waals surface area contributed by atoms with Gasteiger partial charge >= 0.3 is 0 Å². The summed E-state index contributed by atoms with van der Waals surface area (Å²) in [5.74, 6) is 0. The van der Waals surface area contributed by atoms with Crippen LogP contribution in [-0.4, -0.2) is 10.1 Å². The van der Waals surface area contributed by atoms with Crippen LogP contribution in [0.1, 0.15) is 0 Å². The lowest BCUT2D eigenvalue weighted by Gasteiger charge is -1.90. The van der Waals surface area contributed by atoms with Crippen molar-refractivity contribution in [3.05, 3.63) is 22.9 Å². The molecule has 0 amide bonds. The van der Waals surface area contributed by atoms with Crippen LogP contribution in [0.4, 0.5) is 5.69 Å². The minimum atomic E-state index is 0.706. The standard InChI is InChI=1S/C6H3BrN2S/c7-5-1-2-8-3-6(5)9-4-10/h1-3H. The monoisotopic (exact) mass is 214 g/mol. The van der Waals surface area contributed by atoms with E-state index in [9.17, 15) is 0 Å². The Bertz CT molecular complexity index is 281. The van der Waals surface area contributed by atoms with Crippen molar-refractivity contribution in [1.82, 2.24) is 4.98 Å². The molecule has 10 heavy (non-hydrogen) atoms. The van der Waals surface area contributed by atoms with Gasteiger partial charge in [-0.15, -0.1) is 0 Å². The zero-order valence-electron chi connectivity index (χ0n) is 4.91. The Kier molecular flexibility index (Phi) is 2.68. The Morgan fingerprint density at radius 2 is 2.50 bits per heavy atom. The highest BCUT2D eigenvalue weighted by atomic mass is 79.9. The summed E-state index contributed by atoms with van der Waals surface area (Å²) in [6, 6.07) is 1.80. The quantitative estimate of drug-likeness (QED) is 0.531. The SMILES string of the molecule is S=C=Nc1cnccc1Br. The van der Waals surface area contributed by atoms with Crippen molar-refractivity contribution >= 4 is 39.0 Å². The average Bonchev–Trinajstić information content (AvgIpc) is 1.94. The van der Waals surface area contributed by atoms with E-state index in [2.05, 4.69) is 43.3 Å². The predicted octanol–water partition coefficient (Wildman–Crippen LogP) is 2.58. The highest BCUT2D eigenvalue weighted by Crippen LogP contribution is 2.21. The van der Waals surface area contributed by atoms with Crippen LogP contribution < -0.4 is 0 Å². The van der Waals surface area contributed by atoms with Crippen molar-refractivity contribution < 1.29 is 0 Å². The van der Waals surface area contributed by atoms with Crippen LogP contribution in [0.5, 0.6) is 0 Å². The number of isothiocyanates is 1. The summed E-state index contributed by atoms with van der Waals surface area (Å²) in [6.45, 7) is 0. The van der Waals surface area contributed by atoms with E-state index in [1.165, 1.54) is 0 Å². The first-order valence-corrected chi connectivity index (χ1v) is 3.72. The lowest BCUT2D eigenvalue weighted by molar-refractivity contribution is 1.30. The third kappa shape index (κ3) is 1.70. The van der Waals surface area contributed by atoms with Crippen molar-refractivity contribution in [2.24, 2.45) is 4.99 Å². The van der Waals surface area contributed by atoms with Gasteiger partial charge in [0.05, 0.1) is 11.4 Å². The molecule has 0 atom stereocenters. The van der Waals surface area contributed by atoms with E-state index in [0.717, 1.165) is 4.47 Å². The molecule has 0 aliphatic rings. The van der Waals surface area contributed by atoms with Gasteiger partial charge in [-0.05, 0) is 34.2 Å². The molecule has 0 saturated heterocycles. The van der Waals surface area contributed by atoms with Gasteiger partial charge in [0.1, 0.15) is 5.69 Å². The average molecular weight is 215 g/mol. The molecule has 1 heterocycles. The Hall–Kier alpha value is -0.570. The highest BCUT2D eigenvalue weighted by molar-refractivity contribution is 9.10. The fraction of sp³-hybridized carbons (Fsp3) is 0. The zero-order chi connectivity index (χ0) is 7.40. The summed E-state index contributed by atoms with van der Waals surface area (Å²) in [5.41, 5.74) is 0.706. The molecule has 0 radical (unpaired) electrons. The number of halogens is 1. The third-order valence-corrected chi connectivity index (χ3v) is 1.68. The van der Waals surface area contributed by atoms with Gasteiger partial charge in [-0.25, -0.2) is 0 Å². The van der Waals surface area contributed by atoms with E-state index >= 15 is 0 Å². The van der Waals surface area contributed by atoms with Crippen molar-refractivity contribution in [2.45, 2.75) is 0 Å². The summed E-state index contributed by atoms with van der Waals surface area (Å²) in [6.07, 6.45) is 3.29. The Morgan fingerprint density at radius 3 is 3.10 bits per heavy atom. The van der Waals surface area contributed by atoms with Crippen molar-refractivity contribution in [3.63, 3.8) is 0 Å². The summed E-state index contributed by atoms with van der Waals surface area (Å²) in [5, 5.41) is 2.26. The number of nitrogens with zero attached hydrogens (tertiary/aromatic N) is 2. The molecule has 4 heteroatoms. The van der Waals surface area contributed by atoms with Gasteiger partial charge in [0, 0.05) is 10.7 Å². The Morgan fingerprint density at radius 1 is 1.70 bits per heavy atom. The van der Waals surface area contributed by atoms with Gasteiger partial charge in [-0.3, -0.25) is 4.98 Å². The lowest BCUT2D eigenvalue weighted by atomic mass is 10.4. The molecule has 1 aromatic rings. The number of thiocarbonyl (C=S) groups is 1. The zero-order valence-corrected chi connectivity index (χ0v) is 7.32. The number of rotatable bonds is 1. The van der Waals surface area contributed by atoms with Crippen LogP contribution in [0.25, 0.3) is 0 Å². The first-order valence-electron chi connectivity index (χ1n) is 2.52. The van der Waals surface area contributed by atoms with Crippen LogP contribution in [0, 0.1) is 0 Å². The molecule has 0 fully saturated rings. The maximum Gasteiger partial charge on any atom is 0.106 e. The van der Waals surface area contributed by atoms with E-state index < -0.39 is 0 Å². The van der Waals surface area contributed by atoms with Crippen LogP contribution in [-0.2, 0) is 0 Å². The molecule has 0 aliphatic carbocycles. The van der Waals surface area contributed by atoms with E-state index in [-0.39, 0.29) is 0 Å². The van der Waals surface area contributed by atoms with E-state index in [1.54, 1.807) is 18.5 Å². The molecule has 0 spiro atoms. The van der Waals surface area contributed by atoms with Crippen LogP contribution in [0.2, 0.25) is 0 Å². The number of aliphatic imine (C=N–C) groups is 1. The molecular weight excluding hydrogens is 212 g/mol. The van der Waals surface area contributed by atoms with E-state index in [0.29, 0.717) is 5.69 Å².